The van der Waals surface area contributed by atoms with E-state index in [1.807, 2.05) is 0 Å². The topological polar surface area (TPSA) is 94.7 Å². The normalized spacial score (nSPS) is 23.1. The fraction of sp³-hybridized carbons (Fsp3) is 0.448. The van der Waals surface area contributed by atoms with Crippen LogP contribution < -0.4 is 5.32 Å². The predicted molar refractivity (Wildman–Crippen MR) is 139 cm³/mol. The van der Waals surface area contributed by atoms with Gasteiger partial charge in [0.1, 0.15) is 29.1 Å². The zero-order valence-electron chi connectivity index (χ0n) is 22.1. The van der Waals surface area contributed by atoms with Crippen LogP contribution in [-0.4, -0.2) is 57.8 Å². The fourth-order valence-corrected chi connectivity index (χ4v) is 5.61. The summed E-state index contributed by atoms with van der Waals surface area (Å²) in [6, 6.07) is 6.93. The highest BCUT2D eigenvalue weighted by molar-refractivity contribution is 5.92. The van der Waals surface area contributed by atoms with Crippen molar-refractivity contribution in [1.82, 2.24) is 15.2 Å². The molecule has 3 aromatic rings. The van der Waals surface area contributed by atoms with E-state index in [1.165, 1.54) is 23.1 Å². The van der Waals surface area contributed by atoms with Crippen molar-refractivity contribution in [3.8, 4) is 11.3 Å². The molecule has 0 bridgehead atoms. The number of aliphatic hydroxyl groups excluding tert-OH is 1. The zero-order valence-corrected chi connectivity index (χ0v) is 22.1. The maximum Gasteiger partial charge on any atom is 0.411 e. The lowest BCUT2D eigenvalue weighted by Crippen LogP contribution is -2.52. The number of amides is 2. The van der Waals surface area contributed by atoms with Gasteiger partial charge < -0.3 is 20.1 Å². The van der Waals surface area contributed by atoms with Crippen LogP contribution in [0, 0.1) is 23.4 Å². The first-order valence-corrected chi connectivity index (χ1v) is 13.1. The van der Waals surface area contributed by atoms with Crippen LogP contribution in [0.2, 0.25) is 0 Å². The number of nitrogens with zero attached hydrogens (tertiary/aromatic N) is 1. The third-order valence-corrected chi connectivity index (χ3v) is 7.47. The maximum absolute atomic E-state index is 14.6. The molecule has 2 aromatic carbocycles. The van der Waals surface area contributed by atoms with E-state index in [1.54, 1.807) is 32.9 Å². The highest BCUT2D eigenvalue weighted by Crippen LogP contribution is 2.48. The summed E-state index contributed by atoms with van der Waals surface area (Å²) in [5, 5.41) is 13.7. The molecular formula is C29H32F3N3O4. The lowest BCUT2D eigenvalue weighted by atomic mass is 9.70. The second kappa shape index (κ2) is 10.2. The number of aliphatic hydroxyl groups is 1. The molecule has 0 spiro atoms. The molecule has 1 aromatic heterocycles. The Morgan fingerprint density at radius 3 is 2.46 bits per heavy atom. The van der Waals surface area contributed by atoms with E-state index in [4.69, 9.17) is 4.74 Å². The van der Waals surface area contributed by atoms with Crippen LogP contribution in [0.1, 0.15) is 51.5 Å². The summed E-state index contributed by atoms with van der Waals surface area (Å²) in [4.78, 5) is 29.9. The summed E-state index contributed by atoms with van der Waals surface area (Å²) in [5.74, 6) is -2.16. The number of H-pyrrole nitrogens is 1. The molecule has 2 fully saturated rings. The van der Waals surface area contributed by atoms with Gasteiger partial charge in [-0.2, -0.15) is 0 Å². The van der Waals surface area contributed by atoms with Gasteiger partial charge in [-0.1, -0.05) is 0 Å². The Bertz CT molecular complexity index is 1390. The fourth-order valence-electron chi connectivity index (χ4n) is 5.61. The number of rotatable bonds is 5. The van der Waals surface area contributed by atoms with E-state index in [2.05, 4.69) is 10.3 Å². The lowest BCUT2D eigenvalue weighted by molar-refractivity contribution is -0.128. The molecular weight excluding hydrogens is 511 g/mol. The minimum atomic E-state index is -1.03. The summed E-state index contributed by atoms with van der Waals surface area (Å²) in [5.41, 5.74) is 1.51. The number of carbonyl (C=O) groups is 2. The number of carbonyl (C=O) groups excluding carboxylic acids is 2. The molecule has 0 radical (unpaired) electrons. The Labute approximate surface area is 224 Å². The van der Waals surface area contributed by atoms with Crippen LogP contribution in [0.3, 0.4) is 0 Å². The van der Waals surface area contributed by atoms with Gasteiger partial charge in [0.05, 0.1) is 17.3 Å². The average Bonchev–Trinajstić information content (AvgIpc) is 3.39. The standard InChI is InChI=1S/C29H32F3N3O4/c1-29(2,3)39-28(38)35-9-8-22(36)26(35)27(37)33-14-15-10-17(11-15)23-20-12-19(31)13-21(32)25(20)34-24(23)16-4-6-18(30)7-5-16/h4-7,12-13,15,17,22,26,34,36H,8-11,14H2,1-3H3,(H,33,37)/t15?,17?,22-,26-/m0/s1. The number of aromatic nitrogens is 1. The van der Waals surface area contributed by atoms with Crippen LogP contribution in [0.4, 0.5) is 18.0 Å². The first-order chi connectivity index (χ1) is 18.4. The van der Waals surface area contributed by atoms with Crippen LogP contribution in [0.5, 0.6) is 0 Å². The molecule has 2 amide bonds. The van der Waals surface area contributed by atoms with Gasteiger partial charge in [-0.15, -0.1) is 0 Å². The Hall–Kier alpha value is -3.53. The molecule has 5 rings (SSSR count). The first kappa shape index (κ1) is 27.1. The highest BCUT2D eigenvalue weighted by Gasteiger charge is 2.43. The number of aromatic amines is 1. The SMILES string of the molecule is CC(C)(C)OC(=O)N1CC[C@H](O)[C@H]1C(=O)NCC1CC(c2c(-c3ccc(F)cc3)[nH]c3c(F)cc(F)cc23)C1. The molecule has 2 aliphatic rings. The summed E-state index contributed by atoms with van der Waals surface area (Å²) in [6.45, 7) is 5.75. The third-order valence-electron chi connectivity index (χ3n) is 7.47. The van der Waals surface area contributed by atoms with Crippen molar-refractivity contribution in [2.45, 2.75) is 63.7 Å². The van der Waals surface area contributed by atoms with Crippen LogP contribution >= 0.6 is 0 Å². The van der Waals surface area contributed by atoms with Gasteiger partial charge in [-0.3, -0.25) is 9.69 Å². The van der Waals surface area contributed by atoms with Gasteiger partial charge in [-0.25, -0.2) is 18.0 Å². The number of ether oxygens (including phenoxy) is 1. The van der Waals surface area contributed by atoms with Crippen molar-refractivity contribution in [2.75, 3.05) is 13.1 Å². The van der Waals surface area contributed by atoms with E-state index in [9.17, 15) is 27.9 Å². The average molecular weight is 544 g/mol. The van der Waals surface area contributed by atoms with Crippen molar-refractivity contribution in [1.29, 1.82) is 0 Å². The minimum Gasteiger partial charge on any atom is -0.444 e. The molecule has 0 unspecified atom stereocenters. The molecule has 2 heterocycles. The third kappa shape index (κ3) is 5.48. The van der Waals surface area contributed by atoms with E-state index in [0.717, 1.165) is 11.6 Å². The van der Waals surface area contributed by atoms with Gasteiger partial charge in [0.25, 0.3) is 0 Å². The van der Waals surface area contributed by atoms with Crippen LogP contribution in [0.25, 0.3) is 22.2 Å². The minimum absolute atomic E-state index is 0.0303. The second-order valence-corrected chi connectivity index (χ2v) is 11.5. The lowest BCUT2D eigenvalue weighted by Gasteiger charge is -2.37. The molecule has 1 saturated carbocycles. The molecule has 7 nitrogen and oxygen atoms in total. The number of nitrogens with one attached hydrogen (secondary N) is 2. The van der Waals surface area contributed by atoms with Crippen molar-refractivity contribution < 1.29 is 32.6 Å². The smallest absolute Gasteiger partial charge is 0.411 e. The van der Waals surface area contributed by atoms with E-state index in [-0.39, 0.29) is 30.3 Å². The van der Waals surface area contributed by atoms with Gasteiger partial charge in [0.15, 0.2) is 0 Å². The number of hydrogen-bond acceptors (Lipinski definition) is 4. The molecule has 208 valence electrons. The first-order valence-electron chi connectivity index (χ1n) is 13.1. The monoisotopic (exact) mass is 543 g/mol. The molecule has 1 aliphatic carbocycles. The molecule has 39 heavy (non-hydrogen) atoms. The van der Waals surface area contributed by atoms with Gasteiger partial charge in [-0.05, 0) is 93.3 Å². The Morgan fingerprint density at radius 2 is 1.79 bits per heavy atom. The summed E-state index contributed by atoms with van der Waals surface area (Å²) < 4.78 is 47.7. The Morgan fingerprint density at radius 1 is 1.10 bits per heavy atom. The van der Waals surface area contributed by atoms with Crippen molar-refractivity contribution in [2.24, 2.45) is 5.92 Å². The Balaban J connectivity index is 1.28. The van der Waals surface area contributed by atoms with E-state index < -0.39 is 47.2 Å². The summed E-state index contributed by atoms with van der Waals surface area (Å²) in [6.07, 6.45) is -0.0377. The quantitative estimate of drug-likeness (QED) is 0.411. The van der Waals surface area contributed by atoms with Crippen molar-refractivity contribution in [3.63, 3.8) is 0 Å². The Kier molecular flexibility index (Phi) is 7.09. The zero-order chi connectivity index (χ0) is 28.1. The molecule has 2 atom stereocenters. The van der Waals surface area contributed by atoms with Gasteiger partial charge in [0, 0.05) is 24.5 Å². The maximum atomic E-state index is 14.6. The van der Waals surface area contributed by atoms with Crippen molar-refractivity contribution in [3.05, 3.63) is 59.4 Å². The predicted octanol–water partition coefficient (Wildman–Crippen LogP) is 5.23. The second-order valence-electron chi connectivity index (χ2n) is 11.5. The number of benzene rings is 2. The van der Waals surface area contributed by atoms with Crippen LogP contribution in [-0.2, 0) is 9.53 Å². The number of fused-ring (bicyclic) bond motifs is 1. The largest absolute Gasteiger partial charge is 0.444 e. The molecule has 1 saturated heterocycles. The van der Waals surface area contributed by atoms with Gasteiger partial charge in [0.2, 0.25) is 5.91 Å². The summed E-state index contributed by atoms with van der Waals surface area (Å²) in [7, 11) is 0. The van der Waals surface area contributed by atoms with Gasteiger partial charge >= 0.3 is 6.09 Å². The molecule has 1 aliphatic heterocycles. The number of likely N-dealkylation sites (tertiary alicyclic amines) is 1. The van der Waals surface area contributed by atoms with E-state index in [0.29, 0.717) is 36.0 Å². The molecule has 10 heteroatoms. The highest BCUT2D eigenvalue weighted by atomic mass is 19.1. The van der Waals surface area contributed by atoms with Crippen LogP contribution in [0.15, 0.2) is 36.4 Å². The number of hydrogen-bond donors (Lipinski definition) is 3. The molecule has 3 N–H and O–H groups in total. The summed E-state index contributed by atoms with van der Waals surface area (Å²) >= 11 is 0. The van der Waals surface area contributed by atoms with E-state index >= 15 is 0 Å². The van der Waals surface area contributed by atoms with Crippen molar-refractivity contribution >= 4 is 22.9 Å². The number of halogens is 3.